The van der Waals surface area contributed by atoms with Gasteiger partial charge in [-0.2, -0.15) is 0 Å². The number of imidazole rings is 1. The molecule has 27 heavy (non-hydrogen) atoms. The lowest BCUT2D eigenvalue weighted by Crippen LogP contribution is -2.57. The number of H-pyrrole nitrogens is 1. The summed E-state index contributed by atoms with van der Waals surface area (Å²) < 4.78 is 5.78. The van der Waals surface area contributed by atoms with Gasteiger partial charge in [0.05, 0.1) is 19.0 Å². The van der Waals surface area contributed by atoms with Crippen molar-refractivity contribution in [2.24, 2.45) is 5.73 Å². The summed E-state index contributed by atoms with van der Waals surface area (Å²) in [6.07, 6.45) is 2.55. The molecule has 3 heterocycles. The Bertz CT molecular complexity index is 755. The van der Waals surface area contributed by atoms with Gasteiger partial charge in [-0.15, -0.1) is 0 Å². The second-order valence-electron chi connectivity index (χ2n) is 6.47. The number of ether oxygens (including phenoxy) is 1. The van der Waals surface area contributed by atoms with Gasteiger partial charge in [-0.1, -0.05) is 0 Å². The summed E-state index contributed by atoms with van der Waals surface area (Å²) >= 11 is 0. The van der Waals surface area contributed by atoms with E-state index in [0.717, 1.165) is 6.42 Å². The number of aromatic nitrogens is 4. The molecule has 0 aromatic carbocycles. The Hall–Kier alpha value is -2.34. The summed E-state index contributed by atoms with van der Waals surface area (Å²) in [4.78, 5) is 27.2. The van der Waals surface area contributed by atoms with E-state index in [4.69, 9.17) is 10.5 Å². The van der Waals surface area contributed by atoms with Crippen LogP contribution < -0.4 is 16.4 Å². The SMILES string of the molecule is NCCCCC(=O)N[C@@H]1C[C@H](O)[C@@H](Nc2ncnc3nc[nH]c23)O[C@H]1CO. The van der Waals surface area contributed by atoms with Crippen LogP contribution >= 0.6 is 0 Å². The van der Waals surface area contributed by atoms with E-state index in [1.807, 2.05) is 0 Å². The zero-order chi connectivity index (χ0) is 19.2. The van der Waals surface area contributed by atoms with Gasteiger partial charge in [0.25, 0.3) is 0 Å². The van der Waals surface area contributed by atoms with Crippen molar-refractivity contribution >= 4 is 22.9 Å². The number of fused-ring (bicyclic) bond motifs is 1. The lowest BCUT2D eigenvalue weighted by molar-refractivity contribution is -0.142. The maximum Gasteiger partial charge on any atom is 0.220 e. The number of amides is 1. The van der Waals surface area contributed by atoms with Crippen molar-refractivity contribution < 1.29 is 19.7 Å². The molecule has 1 amide bonds. The first-order chi connectivity index (χ1) is 13.1. The quantitative estimate of drug-likeness (QED) is 0.310. The largest absolute Gasteiger partial charge is 0.394 e. The van der Waals surface area contributed by atoms with Crippen molar-refractivity contribution in [1.29, 1.82) is 0 Å². The van der Waals surface area contributed by atoms with E-state index in [2.05, 4.69) is 30.6 Å². The van der Waals surface area contributed by atoms with Crippen LogP contribution in [-0.2, 0) is 9.53 Å². The Labute approximate surface area is 155 Å². The molecule has 0 aliphatic carbocycles. The molecule has 7 N–H and O–H groups in total. The molecule has 1 aliphatic rings. The van der Waals surface area contributed by atoms with Crippen LogP contribution in [0.5, 0.6) is 0 Å². The van der Waals surface area contributed by atoms with E-state index in [-0.39, 0.29) is 18.9 Å². The van der Waals surface area contributed by atoms with Crippen molar-refractivity contribution in [1.82, 2.24) is 25.3 Å². The second-order valence-corrected chi connectivity index (χ2v) is 6.47. The number of anilines is 1. The van der Waals surface area contributed by atoms with Gasteiger partial charge in [0.2, 0.25) is 5.91 Å². The summed E-state index contributed by atoms with van der Waals surface area (Å²) in [5.41, 5.74) is 6.50. The van der Waals surface area contributed by atoms with Crippen LogP contribution in [0, 0.1) is 0 Å². The third-order valence-electron chi connectivity index (χ3n) is 4.50. The van der Waals surface area contributed by atoms with Gasteiger partial charge in [0, 0.05) is 12.8 Å². The monoisotopic (exact) mass is 379 g/mol. The van der Waals surface area contributed by atoms with Crippen molar-refractivity contribution in [3.63, 3.8) is 0 Å². The predicted molar refractivity (Wildman–Crippen MR) is 96.5 cm³/mol. The molecule has 11 nitrogen and oxygen atoms in total. The first-order valence-electron chi connectivity index (χ1n) is 8.96. The van der Waals surface area contributed by atoms with Gasteiger partial charge in [0.15, 0.2) is 17.7 Å². The average molecular weight is 379 g/mol. The number of aromatic amines is 1. The minimum Gasteiger partial charge on any atom is -0.394 e. The molecule has 2 aromatic heterocycles. The Balaban J connectivity index is 1.62. The molecule has 0 saturated carbocycles. The topological polar surface area (TPSA) is 171 Å². The Morgan fingerprint density at radius 3 is 3.00 bits per heavy atom. The number of nitrogens with two attached hydrogens (primary N) is 1. The minimum absolute atomic E-state index is 0.149. The van der Waals surface area contributed by atoms with Crippen molar-refractivity contribution in [3.05, 3.63) is 12.7 Å². The Kier molecular flexibility index (Phi) is 6.50. The predicted octanol–water partition coefficient (Wildman–Crippen LogP) is -1.15. The van der Waals surface area contributed by atoms with Crippen LogP contribution in [0.25, 0.3) is 11.2 Å². The maximum absolute atomic E-state index is 12.0. The highest BCUT2D eigenvalue weighted by atomic mass is 16.5. The standard InChI is InChI=1S/C16H25N7O4/c17-4-2-1-3-12(26)22-9-5-10(25)16(27-11(9)6-24)23-15-13-14(19-7-18-13)20-8-21-15/h7-11,16,24-25H,1-6,17H2,(H,22,26)(H2,18,19,20,21,23)/t9-,10+,11+,16+/m1/s1. The molecule has 11 heteroatoms. The number of aliphatic hydroxyl groups is 2. The average Bonchev–Trinajstić information content (AvgIpc) is 3.14. The molecular formula is C16H25N7O4. The highest BCUT2D eigenvalue weighted by Gasteiger charge is 2.38. The number of nitrogens with one attached hydrogen (secondary N) is 3. The van der Waals surface area contributed by atoms with E-state index in [9.17, 15) is 15.0 Å². The minimum atomic E-state index is -0.907. The van der Waals surface area contributed by atoms with Crippen LogP contribution in [-0.4, -0.2) is 73.7 Å². The number of rotatable bonds is 8. The number of carbonyl (C=O) groups is 1. The van der Waals surface area contributed by atoms with Crippen LogP contribution in [0.2, 0.25) is 0 Å². The van der Waals surface area contributed by atoms with Gasteiger partial charge in [-0.25, -0.2) is 15.0 Å². The zero-order valence-electron chi connectivity index (χ0n) is 14.8. The van der Waals surface area contributed by atoms with Crippen LogP contribution in [0.15, 0.2) is 12.7 Å². The second kappa shape index (κ2) is 9.04. The number of aliphatic hydroxyl groups excluding tert-OH is 2. The first kappa shape index (κ1) is 19.4. The molecule has 4 atom stereocenters. The lowest BCUT2D eigenvalue weighted by Gasteiger charge is -2.39. The normalized spacial score (nSPS) is 25.4. The van der Waals surface area contributed by atoms with Gasteiger partial charge in [0.1, 0.15) is 24.1 Å². The number of hydrogen-bond acceptors (Lipinski definition) is 9. The smallest absolute Gasteiger partial charge is 0.220 e. The van der Waals surface area contributed by atoms with Crippen LogP contribution in [0.1, 0.15) is 25.7 Å². The number of hydrogen-bond donors (Lipinski definition) is 6. The van der Waals surface area contributed by atoms with E-state index in [1.54, 1.807) is 0 Å². The number of carbonyl (C=O) groups excluding carboxylic acids is 1. The summed E-state index contributed by atoms with van der Waals surface area (Å²) in [6, 6.07) is -0.481. The summed E-state index contributed by atoms with van der Waals surface area (Å²) in [5.74, 6) is 0.284. The molecule has 0 bridgehead atoms. The molecule has 148 valence electrons. The molecule has 3 rings (SSSR count). The molecular weight excluding hydrogens is 354 g/mol. The third-order valence-corrected chi connectivity index (χ3v) is 4.50. The molecule has 0 unspecified atom stereocenters. The summed E-state index contributed by atoms with van der Waals surface area (Å²) in [5, 5.41) is 25.9. The van der Waals surface area contributed by atoms with Gasteiger partial charge >= 0.3 is 0 Å². The number of nitrogens with zero attached hydrogens (tertiary/aromatic N) is 3. The summed E-state index contributed by atoms with van der Waals surface area (Å²) in [6.45, 7) is 0.250. The Morgan fingerprint density at radius 2 is 2.22 bits per heavy atom. The molecule has 1 saturated heterocycles. The van der Waals surface area contributed by atoms with Crippen molar-refractivity contribution in [2.45, 2.75) is 50.2 Å². The van der Waals surface area contributed by atoms with E-state index in [0.29, 0.717) is 36.4 Å². The molecule has 1 aliphatic heterocycles. The molecule has 0 radical (unpaired) electrons. The van der Waals surface area contributed by atoms with E-state index in [1.165, 1.54) is 12.7 Å². The first-order valence-corrected chi connectivity index (χ1v) is 8.96. The maximum atomic E-state index is 12.0. The zero-order valence-corrected chi connectivity index (χ0v) is 14.8. The van der Waals surface area contributed by atoms with Gasteiger partial charge in [-0.05, 0) is 19.4 Å². The van der Waals surface area contributed by atoms with E-state index >= 15 is 0 Å². The third kappa shape index (κ3) is 4.69. The van der Waals surface area contributed by atoms with Crippen molar-refractivity contribution in [2.75, 3.05) is 18.5 Å². The molecule has 0 spiro atoms. The molecule has 2 aromatic rings. The van der Waals surface area contributed by atoms with Crippen molar-refractivity contribution in [3.8, 4) is 0 Å². The van der Waals surface area contributed by atoms with Gasteiger partial charge < -0.3 is 36.3 Å². The Morgan fingerprint density at radius 1 is 1.37 bits per heavy atom. The lowest BCUT2D eigenvalue weighted by atomic mass is 9.98. The fraction of sp³-hybridized carbons (Fsp3) is 0.625. The highest BCUT2D eigenvalue weighted by Crippen LogP contribution is 2.24. The fourth-order valence-electron chi connectivity index (χ4n) is 3.08. The number of unbranched alkanes of at least 4 members (excludes halogenated alkanes) is 1. The van der Waals surface area contributed by atoms with Crippen LogP contribution in [0.4, 0.5) is 5.82 Å². The van der Waals surface area contributed by atoms with Crippen LogP contribution in [0.3, 0.4) is 0 Å². The summed E-state index contributed by atoms with van der Waals surface area (Å²) in [7, 11) is 0. The van der Waals surface area contributed by atoms with Gasteiger partial charge in [-0.3, -0.25) is 4.79 Å². The molecule has 1 fully saturated rings. The van der Waals surface area contributed by atoms with E-state index < -0.39 is 24.5 Å². The highest BCUT2D eigenvalue weighted by molar-refractivity contribution is 5.82. The fourth-order valence-corrected chi connectivity index (χ4v) is 3.08.